The Hall–Kier alpha value is -2.70. The average Bonchev–Trinajstić information content (AvgIpc) is 2.82. The summed E-state index contributed by atoms with van der Waals surface area (Å²) in [5.41, 5.74) is 0.455. The summed E-state index contributed by atoms with van der Waals surface area (Å²) < 4.78 is 0. The minimum Gasteiger partial charge on any atom is -0.479 e. The summed E-state index contributed by atoms with van der Waals surface area (Å²) in [4.78, 5) is 47.0. The van der Waals surface area contributed by atoms with Gasteiger partial charge in [-0.15, -0.1) is 0 Å². The topological polar surface area (TPSA) is 104 Å². The Morgan fingerprint density at radius 1 is 1.14 bits per heavy atom. The van der Waals surface area contributed by atoms with E-state index in [9.17, 15) is 24.3 Å². The van der Waals surface area contributed by atoms with E-state index >= 15 is 0 Å². The molecular weight excluding hydrogens is 288 g/mol. The Morgan fingerprint density at radius 2 is 1.73 bits per heavy atom. The number of amides is 3. The number of nitrogens with zero attached hydrogens (tertiary/aromatic N) is 1. The summed E-state index contributed by atoms with van der Waals surface area (Å²) in [6, 6.07) is 7.16. The molecule has 0 radical (unpaired) electrons. The van der Waals surface area contributed by atoms with Gasteiger partial charge in [0.2, 0.25) is 17.7 Å². The molecule has 0 spiro atoms. The van der Waals surface area contributed by atoms with E-state index in [1.807, 2.05) is 0 Å². The summed E-state index contributed by atoms with van der Waals surface area (Å²) in [7, 11) is 0. The molecule has 0 aliphatic carbocycles. The molecule has 1 heterocycles. The molecule has 7 heteroatoms. The van der Waals surface area contributed by atoms with Crippen LogP contribution in [0.5, 0.6) is 0 Å². The maximum Gasteiger partial charge on any atom is 0.330 e. The molecule has 1 aliphatic rings. The Morgan fingerprint density at radius 3 is 2.27 bits per heavy atom. The lowest BCUT2D eigenvalue weighted by Crippen LogP contribution is -2.37. The fourth-order valence-corrected chi connectivity index (χ4v) is 2.25. The van der Waals surface area contributed by atoms with Gasteiger partial charge in [0, 0.05) is 25.8 Å². The van der Waals surface area contributed by atoms with Crippen molar-refractivity contribution in [3.05, 3.63) is 35.9 Å². The van der Waals surface area contributed by atoms with Crippen molar-refractivity contribution in [2.45, 2.75) is 25.3 Å². The number of imide groups is 1. The van der Waals surface area contributed by atoms with Crippen LogP contribution in [-0.2, 0) is 19.2 Å². The van der Waals surface area contributed by atoms with Crippen molar-refractivity contribution >= 4 is 23.7 Å². The molecule has 3 amide bonds. The van der Waals surface area contributed by atoms with Crippen LogP contribution in [0, 0.1) is 0 Å². The molecule has 22 heavy (non-hydrogen) atoms. The van der Waals surface area contributed by atoms with Gasteiger partial charge in [0.1, 0.15) is 0 Å². The van der Waals surface area contributed by atoms with Crippen LogP contribution in [0.2, 0.25) is 0 Å². The van der Waals surface area contributed by atoms with Gasteiger partial charge >= 0.3 is 5.97 Å². The number of hydrogen-bond acceptors (Lipinski definition) is 4. The second kappa shape index (κ2) is 6.84. The van der Waals surface area contributed by atoms with E-state index in [-0.39, 0.29) is 37.6 Å². The first-order chi connectivity index (χ1) is 10.5. The third-order valence-electron chi connectivity index (χ3n) is 3.40. The van der Waals surface area contributed by atoms with Gasteiger partial charge in [-0.2, -0.15) is 0 Å². The van der Waals surface area contributed by atoms with Crippen LogP contribution in [0.15, 0.2) is 30.3 Å². The summed E-state index contributed by atoms with van der Waals surface area (Å²) in [5.74, 6) is -2.29. The van der Waals surface area contributed by atoms with Gasteiger partial charge in [-0.1, -0.05) is 30.3 Å². The zero-order valence-electron chi connectivity index (χ0n) is 11.8. The van der Waals surface area contributed by atoms with Crippen LogP contribution in [0.3, 0.4) is 0 Å². The molecule has 1 aromatic carbocycles. The molecule has 1 fully saturated rings. The van der Waals surface area contributed by atoms with Crippen LogP contribution < -0.4 is 5.32 Å². The fourth-order valence-electron chi connectivity index (χ4n) is 2.25. The minimum atomic E-state index is -1.17. The molecule has 0 saturated carbocycles. The molecule has 0 aromatic heterocycles. The summed E-state index contributed by atoms with van der Waals surface area (Å²) in [5, 5.41) is 11.6. The Bertz CT molecular complexity index is 583. The molecule has 1 saturated heterocycles. The lowest BCUT2D eigenvalue weighted by Gasteiger charge is -2.17. The average molecular weight is 304 g/mol. The lowest BCUT2D eigenvalue weighted by molar-refractivity contribution is -0.143. The predicted molar refractivity (Wildman–Crippen MR) is 75.5 cm³/mol. The third-order valence-corrected chi connectivity index (χ3v) is 3.40. The van der Waals surface area contributed by atoms with Crippen molar-refractivity contribution in [3.63, 3.8) is 0 Å². The largest absolute Gasteiger partial charge is 0.479 e. The van der Waals surface area contributed by atoms with Crippen molar-refractivity contribution in [3.8, 4) is 0 Å². The molecule has 0 unspecified atom stereocenters. The number of carboxylic acid groups (broad SMARTS) is 1. The van der Waals surface area contributed by atoms with Crippen molar-refractivity contribution in [2.24, 2.45) is 0 Å². The molecule has 0 bridgehead atoms. The first-order valence-corrected chi connectivity index (χ1v) is 6.89. The standard InChI is InChI=1S/C15H16N2O5/c18-11(8-9-17-12(19)6-7-13(17)20)16-14(15(21)22)10-4-2-1-3-5-10/h1-5,14H,6-9H2,(H,16,18)(H,21,22)/t14-/m0/s1. The predicted octanol–water partition coefficient (Wildman–Crippen LogP) is 0.468. The smallest absolute Gasteiger partial charge is 0.330 e. The molecule has 116 valence electrons. The number of benzene rings is 1. The zero-order valence-corrected chi connectivity index (χ0v) is 11.8. The van der Waals surface area contributed by atoms with Crippen molar-refractivity contribution in [1.29, 1.82) is 0 Å². The highest BCUT2D eigenvalue weighted by Gasteiger charge is 2.29. The van der Waals surface area contributed by atoms with Gasteiger partial charge in [0.05, 0.1) is 0 Å². The van der Waals surface area contributed by atoms with Gasteiger partial charge in [0.25, 0.3) is 0 Å². The van der Waals surface area contributed by atoms with E-state index in [4.69, 9.17) is 0 Å². The van der Waals surface area contributed by atoms with Crippen molar-refractivity contribution < 1.29 is 24.3 Å². The maximum atomic E-state index is 11.9. The Kier molecular flexibility index (Phi) is 4.88. The van der Waals surface area contributed by atoms with Crippen molar-refractivity contribution in [1.82, 2.24) is 10.2 Å². The van der Waals surface area contributed by atoms with Gasteiger partial charge in [-0.25, -0.2) is 4.79 Å². The molecule has 2 N–H and O–H groups in total. The van der Waals surface area contributed by atoms with Gasteiger partial charge in [0.15, 0.2) is 6.04 Å². The van der Waals surface area contributed by atoms with Crippen molar-refractivity contribution in [2.75, 3.05) is 6.54 Å². The summed E-state index contributed by atoms with van der Waals surface area (Å²) in [6.45, 7) is -0.0232. The quantitative estimate of drug-likeness (QED) is 0.743. The summed E-state index contributed by atoms with van der Waals surface area (Å²) in [6.07, 6.45) is 0.221. The second-order valence-electron chi connectivity index (χ2n) is 4.94. The fraction of sp³-hybridized carbons (Fsp3) is 0.333. The van der Waals surface area contributed by atoms with Crippen LogP contribution in [-0.4, -0.2) is 40.2 Å². The molecule has 2 rings (SSSR count). The zero-order chi connectivity index (χ0) is 16.1. The maximum absolute atomic E-state index is 11.9. The van der Waals surface area contributed by atoms with Crippen LogP contribution in [0.4, 0.5) is 0 Å². The van der Waals surface area contributed by atoms with E-state index < -0.39 is 17.9 Å². The third kappa shape index (κ3) is 3.69. The molecule has 1 aromatic rings. The summed E-state index contributed by atoms with van der Waals surface area (Å²) >= 11 is 0. The number of carboxylic acids is 1. The van der Waals surface area contributed by atoms with E-state index in [0.717, 1.165) is 4.90 Å². The van der Waals surface area contributed by atoms with Crippen LogP contribution in [0.1, 0.15) is 30.9 Å². The first-order valence-electron chi connectivity index (χ1n) is 6.89. The monoisotopic (exact) mass is 304 g/mol. The lowest BCUT2D eigenvalue weighted by atomic mass is 10.1. The molecule has 7 nitrogen and oxygen atoms in total. The van der Waals surface area contributed by atoms with Gasteiger partial charge in [-0.3, -0.25) is 19.3 Å². The molecule has 1 atom stereocenters. The highest BCUT2D eigenvalue weighted by atomic mass is 16.4. The number of likely N-dealkylation sites (tertiary alicyclic amines) is 1. The second-order valence-corrected chi connectivity index (χ2v) is 4.94. The number of aliphatic carboxylic acids is 1. The number of carbonyl (C=O) groups is 4. The van der Waals surface area contributed by atoms with E-state index in [1.165, 1.54) is 0 Å². The number of nitrogens with one attached hydrogen (secondary N) is 1. The van der Waals surface area contributed by atoms with E-state index in [2.05, 4.69) is 5.32 Å². The van der Waals surface area contributed by atoms with Crippen LogP contribution >= 0.6 is 0 Å². The van der Waals surface area contributed by atoms with E-state index in [0.29, 0.717) is 5.56 Å². The molecular formula is C15H16N2O5. The van der Waals surface area contributed by atoms with E-state index in [1.54, 1.807) is 30.3 Å². The molecule has 1 aliphatic heterocycles. The highest BCUT2D eigenvalue weighted by molar-refractivity contribution is 6.02. The Labute approximate surface area is 126 Å². The van der Waals surface area contributed by atoms with Crippen LogP contribution in [0.25, 0.3) is 0 Å². The number of rotatable bonds is 6. The van der Waals surface area contributed by atoms with Gasteiger partial charge in [-0.05, 0) is 5.56 Å². The number of carbonyl (C=O) groups excluding carboxylic acids is 3. The highest BCUT2D eigenvalue weighted by Crippen LogP contribution is 2.14. The minimum absolute atomic E-state index is 0.0232. The Balaban J connectivity index is 1.93. The van der Waals surface area contributed by atoms with Gasteiger partial charge < -0.3 is 10.4 Å². The normalized spacial score (nSPS) is 15.7. The first kappa shape index (κ1) is 15.7. The number of hydrogen-bond donors (Lipinski definition) is 2. The SMILES string of the molecule is O=C(CCN1C(=O)CCC1=O)N[C@H](C(=O)O)c1ccccc1.